The molecule has 570 valence electrons. The maximum atomic E-state index is 12.3. The van der Waals surface area contributed by atoms with Crippen molar-refractivity contribution in [1.82, 2.24) is 58.1 Å². The predicted molar refractivity (Wildman–Crippen MR) is 353 cm³/mol. The van der Waals surface area contributed by atoms with Gasteiger partial charge in [0.15, 0.2) is 47.5 Å². The van der Waals surface area contributed by atoms with Crippen molar-refractivity contribution < 1.29 is 112 Å². The number of aryl methyl sites for hydroxylation is 2. The van der Waals surface area contributed by atoms with E-state index in [0.29, 0.717) is 100 Å². The van der Waals surface area contributed by atoms with Gasteiger partial charge in [0.2, 0.25) is 5.95 Å². The molecule has 8 aliphatic heterocycles. The lowest BCUT2D eigenvalue weighted by Gasteiger charge is -2.37. The molecular formula is C56H83N15O28P4. The minimum absolute atomic E-state index is 0.0617. The molecule has 0 amide bonds. The Balaban J connectivity index is 0.000000138. The fraction of sp³-hybridized carbons (Fsp3) is 0.679. The quantitative estimate of drug-likeness (QED) is 0.0496. The second-order valence-electron chi connectivity index (χ2n) is 25.1. The summed E-state index contributed by atoms with van der Waals surface area (Å²) in [6, 6.07) is 0. The summed E-state index contributed by atoms with van der Waals surface area (Å²) in [6.07, 6.45) is 1.69. The van der Waals surface area contributed by atoms with E-state index in [1.54, 1.807) is 24.7 Å². The molecule has 0 aromatic carbocycles. The van der Waals surface area contributed by atoms with Gasteiger partial charge in [-0.3, -0.25) is 74.0 Å². The molecular weight excluding hydrogens is 1450 g/mol. The molecule has 6 aromatic heterocycles. The number of nitrogens with zero attached hydrogens (tertiary/aromatic N) is 10. The molecule has 0 saturated carbocycles. The third-order valence-electron chi connectivity index (χ3n) is 19.7. The lowest BCUT2D eigenvalue weighted by molar-refractivity contribution is -0.120. The molecule has 0 spiro atoms. The molecule has 14 rings (SSSR count). The Morgan fingerprint density at radius 3 is 1.25 bits per heavy atom. The first-order chi connectivity index (χ1) is 48.7. The number of hydrogen-bond donors (Lipinski definition) is 9. The Labute approximate surface area is 584 Å². The van der Waals surface area contributed by atoms with E-state index >= 15 is 0 Å². The first kappa shape index (κ1) is 78.1. The minimum Gasteiger partial charge on any atom is -0.383 e. The Kier molecular flexibility index (Phi) is 22.7. The molecule has 8 saturated heterocycles. The fourth-order valence-corrected chi connectivity index (χ4v) is 16.8. The number of H-pyrrole nitrogens is 2. The van der Waals surface area contributed by atoms with Crippen LogP contribution in [0.2, 0.25) is 0 Å². The van der Waals surface area contributed by atoms with Crippen molar-refractivity contribution in [3.05, 3.63) is 84.2 Å². The van der Waals surface area contributed by atoms with Crippen molar-refractivity contribution in [2.24, 2.45) is 0 Å². The summed E-state index contributed by atoms with van der Waals surface area (Å²) in [7, 11) is -12.7. The molecule has 43 nitrogen and oxygen atoms in total. The first-order valence-corrected chi connectivity index (χ1v) is 38.4. The van der Waals surface area contributed by atoms with E-state index in [1.165, 1.54) is 38.7 Å². The second-order valence-corrected chi connectivity index (χ2v) is 31.1. The number of nitrogens with one attached hydrogen (secondary N) is 2. The maximum absolute atomic E-state index is 12.3. The smallest absolute Gasteiger partial charge is 0.383 e. The van der Waals surface area contributed by atoms with Gasteiger partial charge in [-0.05, 0) is 39.5 Å². The molecule has 8 bridgehead atoms. The number of fused-ring (bicyclic) bond motifs is 10. The van der Waals surface area contributed by atoms with Gasteiger partial charge < -0.3 is 74.7 Å². The van der Waals surface area contributed by atoms with E-state index in [2.05, 4.69) is 58.0 Å². The number of hydrogen-bond acceptors (Lipinski definition) is 33. The first-order valence-electron chi connectivity index (χ1n) is 32.4. The van der Waals surface area contributed by atoms with E-state index in [4.69, 9.17) is 73.2 Å². The lowest BCUT2D eigenvalue weighted by atomic mass is 9.87. The molecule has 20 atom stereocenters. The van der Waals surface area contributed by atoms with Crippen LogP contribution < -0.4 is 39.7 Å². The summed E-state index contributed by atoms with van der Waals surface area (Å²) in [5, 5.41) is 0. The number of rotatable bonds is 20. The predicted octanol–water partition coefficient (Wildman–Crippen LogP) is 2.48. The SMILES string of the molecule is CC[C@]12CCO[C@@H](C1OP(=O)(O)OC)[C@H](n1cc(C)c(=O)[nH]c1=O)O2.CC[C@]12CCO[C@@H](C1OP(=O)(O)OC)[C@H](n1cc(C)c(N)nc1=O)O2.CC[C@]12CCO[C@@H](C1OP(=O)(O)OC)[C@H](n1cnc3c(=O)[nH]c(N)nc31)O2.CC[C@]12CCO[C@@H](C1OP(=O)(O)OC)[C@H](n1cnc3c(N)ncnc31)O2. The summed E-state index contributed by atoms with van der Waals surface area (Å²) in [6.45, 7) is 12.4. The Morgan fingerprint density at radius 1 is 0.485 bits per heavy atom. The van der Waals surface area contributed by atoms with Crippen LogP contribution in [0.3, 0.4) is 0 Å². The number of aromatic nitrogens is 12. The molecule has 103 heavy (non-hydrogen) atoms. The van der Waals surface area contributed by atoms with Crippen LogP contribution in [0, 0.1) is 13.8 Å². The molecule has 6 aromatic rings. The molecule has 0 radical (unpaired) electrons. The van der Waals surface area contributed by atoms with Crippen LogP contribution in [-0.4, -0.2) is 204 Å². The van der Waals surface area contributed by atoms with Crippen molar-refractivity contribution in [1.29, 1.82) is 0 Å². The average molecular weight is 1540 g/mol. The van der Waals surface area contributed by atoms with Crippen molar-refractivity contribution in [2.75, 3.05) is 72.1 Å². The number of nitrogens with two attached hydrogens (primary N) is 3. The normalized spacial score (nSPS) is 33.5. The van der Waals surface area contributed by atoms with Crippen LogP contribution >= 0.6 is 31.3 Å². The number of phosphoric acid groups is 4. The molecule has 8 unspecified atom stereocenters. The number of phosphoric ester groups is 4. The molecule has 47 heteroatoms. The zero-order chi connectivity index (χ0) is 74.7. The van der Waals surface area contributed by atoms with Crippen LogP contribution in [0.15, 0.2) is 50.6 Å². The van der Waals surface area contributed by atoms with Gasteiger partial charge in [-0.25, -0.2) is 47.8 Å². The van der Waals surface area contributed by atoms with Crippen molar-refractivity contribution >= 4 is 71.2 Å². The van der Waals surface area contributed by atoms with E-state index in [-0.39, 0.29) is 28.7 Å². The van der Waals surface area contributed by atoms with Gasteiger partial charge in [0.25, 0.3) is 11.1 Å². The van der Waals surface area contributed by atoms with Crippen LogP contribution in [0.25, 0.3) is 22.3 Å². The van der Waals surface area contributed by atoms with E-state index in [0.717, 1.165) is 28.4 Å². The lowest BCUT2D eigenvalue weighted by Crippen LogP contribution is -2.49. The van der Waals surface area contributed by atoms with Crippen molar-refractivity contribution in [3.63, 3.8) is 0 Å². The largest absolute Gasteiger partial charge is 0.472 e. The van der Waals surface area contributed by atoms with Crippen molar-refractivity contribution in [3.8, 4) is 0 Å². The van der Waals surface area contributed by atoms with Crippen LogP contribution in [0.1, 0.15) is 115 Å². The number of imidazole rings is 2. The van der Waals surface area contributed by atoms with Gasteiger partial charge in [0, 0.05) is 77.6 Å². The summed E-state index contributed by atoms with van der Waals surface area (Å²) < 4.78 is 141. The van der Waals surface area contributed by atoms with E-state index < -0.39 is 150 Å². The number of aromatic amines is 2. The summed E-state index contributed by atoms with van der Waals surface area (Å²) >= 11 is 0. The molecule has 14 heterocycles. The number of anilines is 3. The van der Waals surface area contributed by atoms with Gasteiger partial charge in [0.1, 0.15) is 88.9 Å². The molecule has 12 N–H and O–H groups in total. The monoisotopic (exact) mass is 1540 g/mol. The van der Waals surface area contributed by atoms with Gasteiger partial charge in [-0.2, -0.15) is 9.97 Å². The maximum Gasteiger partial charge on any atom is 0.472 e. The summed E-state index contributed by atoms with van der Waals surface area (Å²) in [5.41, 5.74) is 13.8. The zero-order valence-electron chi connectivity index (χ0n) is 57.4. The Hall–Kier alpha value is -6.02. The highest BCUT2D eigenvalue weighted by molar-refractivity contribution is 7.48. The van der Waals surface area contributed by atoms with Crippen molar-refractivity contribution in [2.45, 2.75) is 189 Å². The van der Waals surface area contributed by atoms with Gasteiger partial charge in [-0.1, -0.05) is 27.7 Å². The molecule has 8 aliphatic rings. The zero-order valence-corrected chi connectivity index (χ0v) is 61.0. The van der Waals surface area contributed by atoms with Crippen LogP contribution in [0.4, 0.5) is 17.6 Å². The van der Waals surface area contributed by atoms with Gasteiger partial charge >= 0.3 is 42.7 Å². The fourth-order valence-electron chi connectivity index (χ4n) is 14.0. The second kappa shape index (κ2) is 30.0. The highest BCUT2D eigenvalue weighted by Gasteiger charge is 2.65. The molecule has 0 aliphatic carbocycles. The third kappa shape index (κ3) is 15.0. The Morgan fingerprint density at radius 2 is 0.854 bits per heavy atom. The van der Waals surface area contributed by atoms with Crippen LogP contribution in [-0.2, 0) is 92.3 Å². The average Bonchev–Trinajstić information content (AvgIpc) is 1.60. The van der Waals surface area contributed by atoms with E-state index in [1.807, 2.05) is 27.7 Å². The summed E-state index contributed by atoms with van der Waals surface area (Å²) in [4.78, 5) is 116. The third-order valence-corrected chi connectivity index (χ3v) is 23.5. The standard InChI is InChI=1S/C14H20N5O7P.C14H20N5O6P.C14H22N3O7P.C14H21N2O8P/c1-3-14-4-5-24-8(9(14)26-27(21,22)23-2)12(25-14)19-6-16-7-10(19)17-13(15)18-11(7)20;1-3-14-4-5-23-9(10(14)25-26(20,21)22-2)13(24-14)19-7-18-8-11(15)16-6-17-12(8)19;1-4-14-5-6-22-9(10(14)24-25(19,20)21-3)12(23-14)17-7-8(2)11(15)16-13(17)18;1-4-14-5-6-22-9(10(14)24-25(19,20)21-3)12(23-14)16-7-8(2)11(17)15-13(16)18/h6,8-9,12H,3-5H2,1-2H3,(H,21,22)(H3,15,17,18,20);6-7,9-10,13H,3-5H2,1-2H3,(H,20,21)(H2,15,16,17);7,9-10,12H,4-6H2,1-3H3,(H,19,20)(H2,15,16,18);7,9-10,12H,4-6H2,1-3H3,(H,19,20)(H,15,17,18)/t8-,9?,12+,14-;9-,10?,13+,14-;2*9-,10?,12+,14-/m0000/s1. The summed E-state index contributed by atoms with van der Waals surface area (Å²) in [5.74, 6) is 0.335. The topological polar surface area (TPSA) is 572 Å². The Bertz CT molecular complexity index is 4560. The van der Waals surface area contributed by atoms with Gasteiger partial charge in [-0.15, -0.1) is 0 Å². The molecule has 8 fully saturated rings. The van der Waals surface area contributed by atoms with Crippen LogP contribution in [0.5, 0.6) is 0 Å². The highest BCUT2D eigenvalue weighted by atomic mass is 31.2. The number of nitrogen functional groups attached to an aromatic ring is 3. The number of ether oxygens (including phenoxy) is 8. The minimum atomic E-state index is -4.28. The van der Waals surface area contributed by atoms with E-state index in [9.17, 15) is 57.0 Å². The highest BCUT2D eigenvalue weighted by Crippen LogP contribution is 2.59. The van der Waals surface area contributed by atoms with Gasteiger partial charge in [0.05, 0.1) is 39.1 Å².